The van der Waals surface area contributed by atoms with Crippen LogP contribution in [0.5, 0.6) is 0 Å². The van der Waals surface area contributed by atoms with E-state index in [1.165, 1.54) is 6.92 Å². The van der Waals surface area contributed by atoms with Crippen LogP contribution >= 0.6 is 0 Å². The highest BCUT2D eigenvalue weighted by atomic mass is 16.5. The van der Waals surface area contributed by atoms with E-state index in [2.05, 4.69) is 17.6 Å². The summed E-state index contributed by atoms with van der Waals surface area (Å²) in [6.07, 6.45) is 2.94. The molecule has 2 N–H and O–H groups in total. The Hall–Kier alpha value is -1.59. The van der Waals surface area contributed by atoms with Gasteiger partial charge in [-0.25, -0.2) is 4.79 Å². The van der Waals surface area contributed by atoms with Crippen LogP contribution in [0.25, 0.3) is 0 Å². The van der Waals surface area contributed by atoms with Gasteiger partial charge < -0.3 is 15.4 Å². The quantitative estimate of drug-likeness (QED) is 0.479. The first-order chi connectivity index (χ1) is 9.01. The van der Waals surface area contributed by atoms with E-state index in [1.807, 2.05) is 0 Å². The monoisotopic (exact) mass is 272 g/mol. The average molecular weight is 272 g/mol. The average Bonchev–Trinajstić information content (AvgIpc) is 2.33. The van der Waals surface area contributed by atoms with Crippen LogP contribution in [0.3, 0.4) is 0 Å². The Bertz CT molecular complexity index is 305. The number of nitrogens with one attached hydrogen (secondary N) is 2. The zero-order valence-electron chi connectivity index (χ0n) is 12.0. The topological polar surface area (TPSA) is 84.5 Å². The van der Waals surface area contributed by atoms with Crippen molar-refractivity contribution in [1.29, 1.82) is 0 Å². The molecule has 6 nitrogen and oxygen atoms in total. The van der Waals surface area contributed by atoms with Crippen LogP contribution in [0.1, 0.15) is 46.5 Å². The third-order valence-corrected chi connectivity index (χ3v) is 2.44. The third-order valence-electron chi connectivity index (χ3n) is 2.44. The summed E-state index contributed by atoms with van der Waals surface area (Å²) in [6.45, 7) is 5.85. The number of unbranched alkanes of at least 4 members (excludes halogenated alkanes) is 2. The molecule has 0 aliphatic rings. The summed E-state index contributed by atoms with van der Waals surface area (Å²) < 4.78 is 4.82. The van der Waals surface area contributed by atoms with E-state index in [9.17, 15) is 14.4 Å². The number of hydrogen-bond donors (Lipinski definition) is 2. The molecule has 0 radical (unpaired) electrons. The number of carbonyl (C=O) groups excluding carboxylic acids is 3. The Labute approximate surface area is 114 Å². The van der Waals surface area contributed by atoms with Gasteiger partial charge in [-0.1, -0.05) is 19.8 Å². The second kappa shape index (κ2) is 10.3. The normalized spacial score (nSPS) is 11.5. The van der Waals surface area contributed by atoms with Gasteiger partial charge in [0.2, 0.25) is 11.8 Å². The molecule has 0 unspecified atom stereocenters. The van der Waals surface area contributed by atoms with Crippen LogP contribution in [-0.4, -0.2) is 37.0 Å². The molecule has 0 bridgehead atoms. The highest BCUT2D eigenvalue weighted by molar-refractivity contribution is 5.88. The maximum atomic E-state index is 11.6. The van der Waals surface area contributed by atoms with E-state index >= 15 is 0 Å². The van der Waals surface area contributed by atoms with Gasteiger partial charge in [0.15, 0.2) is 0 Å². The van der Waals surface area contributed by atoms with Crippen LogP contribution in [0.4, 0.5) is 0 Å². The summed E-state index contributed by atoms with van der Waals surface area (Å²) in [5.41, 5.74) is 0. The van der Waals surface area contributed by atoms with E-state index in [0.29, 0.717) is 6.54 Å². The minimum Gasteiger partial charge on any atom is -0.464 e. The third kappa shape index (κ3) is 9.04. The lowest BCUT2D eigenvalue weighted by Crippen LogP contribution is -2.44. The zero-order chi connectivity index (χ0) is 14.7. The molecule has 0 aromatic carbocycles. The van der Waals surface area contributed by atoms with Crippen molar-refractivity contribution in [2.75, 3.05) is 13.2 Å². The molecule has 1 atom stereocenters. The van der Waals surface area contributed by atoms with Crippen molar-refractivity contribution in [3.8, 4) is 0 Å². The van der Waals surface area contributed by atoms with Gasteiger partial charge in [-0.3, -0.25) is 9.59 Å². The molecular formula is C13H24N2O4. The van der Waals surface area contributed by atoms with Gasteiger partial charge >= 0.3 is 5.97 Å². The second-order valence-corrected chi connectivity index (χ2v) is 4.27. The van der Waals surface area contributed by atoms with E-state index in [-0.39, 0.29) is 24.8 Å². The summed E-state index contributed by atoms with van der Waals surface area (Å²) >= 11 is 0. The predicted octanol–water partition coefficient (Wildman–Crippen LogP) is 0.751. The number of amides is 2. The predicted molar refractivity (Wildman–Crippen MR) is 71.4 cm³/mol. The van der Waals surface area contributed by atoms with E-state index in [1.54, 1.807) is 6.92 Å². The highest BCUT2D eigenvalue weighted by Crippen LogP contribution is 1.98. The molecule has 0 aliphatic carbocycles. The van der Waals surface area contributed by atoms with E-state index in [0.717, 1.165) is 19.3 Å². The van der Waals surface area contributed by atoms with Gasteiger partial charge in [0.25, 0.3) is 0 Å². The molecule has 2 amide bonds. The van der Waals surface area contributed by atoms with Gasteiger partial charge in [0.1, 0.15) is 6.04 Å². The van der Waals surface area contributed by atoms with E-state index in [4.69, 9.17) is 4.74 Å². The number of hydrogen-bond acceptors (Lipinski definition) is 4. The largest absolute Gasteiger partial charge is 0.464 e. The van der Waals surface area contributed by atoms with Crippen LogP contribution < -0.4 is 10.6 Å². The summed E-state index contributed by atoms with van der Waals surface area (Å²) in [5, 5.41) is 5.14. The smallest absolute Gasteiger partial charge is 0.329 e. The van der Waals surface area contributed by atoms with Crippen molar-refractivity contribution in [2.24, 2.45) is 0 Å². The van der Waals surface area contributed by atoms with Gasteiger partial charge in [0.05, 0.1) is 13.0 Å². The maximum absolute atomic E-state index is 11.6. The summed E-state index contributed by atoms with van der Waals surface area (Å²) in [6, 6.07) is -0.913. The first-order valence-corrected chi connectivity index (χ1v) is 6.71. The SMILES string of the molecule is CCCCCNC(=O)C[C@H](NC(C)=O)C(=O)OCC. The lowest BCUT2D eigenvalue weighted by Gasteiger charge is -2.16. The molecular weight excluding hydrogens is 248 g/mol. The molecule has 6 heteroatoms. The molecule has 0 aliphatic heterocycles. The molecule has 0 saturated heterocycles. The van der Waals surface area contributed by atoms with Gasteiger partial charge in [-0.2, -0.15) is 0 Å². The summed E-state index contributed by atoms with van der Waals surface area (Å²) in [4.78, 5) is 34.2. The number of rotatable bonds is 9. The molecule has 19 heavy (non-hydrogen) atoms. The molecule has 0 saturated carbocycles. The Balaban J connectivity index is 4.18. The first kappa shape index (κ1) is 17.4. The Morgan fingerprint density at radius 3 is 2.37 bits per heavy atom. The molecule has 0 rings (SSSR count). The van der Waals surface area contributed by atoms with Crippen molar-refractivity contribution in [2.45, 2.75) is 52.5 Å². The van der Waals surface area contributed by atoms with Crippen molar-refractivity contribution in [3.05, 3.63) is 0 Å². The molecule has 0 aromatic heterocycles. The van der Waals surface area contributed by atoms with Crippen molar-refractivity contribution >= 4 is 17.8 Å². The Morgan fingerprint density at radius 1 is 1.16 bits per heavy atom. The van der Waals surface area contributed by atoms with Crippen LogP contribution in [-0.2, 0) is 19.1 Å². The fourth-order valence-electron chi connectivity index (χ4n) is 1.54. The zero-order valence-corrected chi connectivity index (χ0v) is 12.0. The lowest BCUT2D eigenvalue weighted by atomic mass is 10.2. The van der Waals surface area contributed by atoms with Gasteiger partial charge in [-0.15, -0.1) is 0 Å². The van der Waals surface area contributed by atoms with Crippen molar-refractivity contribution in [3.63, 3.8) is 0 Å². The van der Waals surface area contributed by atoms with Crippen LogP contribution in [0, 0.1) is 0 Å². The van der Waals surface area contributed by atoms with Gasteiger partial charge in [-0.05, 0) is 13.3 Å². The summed E-state index contributed by atoms with van der Waals surface area (Å²) in [7, 11) is 0. The lowest BCUT2D eigenvalue weighted by molar-refractivity contribution is -0.148. The highest BCUT2D eigenvalue weighted by Gasteiger charge is 2.23. The second-order valence-electron chi connectivity index (χ2n) is 4.27. The van der Waals surface area contributed by atoms with Crippen LogP contribution in [0.2, 0.25) is 0 Å². The standard InChI is InChI=1S/C13H24N2O4/c1-4-6-7-8-14-12(17)9-11(15-10(3)16)13(18)19-5-2/h11H,4-9H2,1-3H3,(H,14,17)(H,15,16)/t11-/m0/s1. The molecule has 110 valence electrons. The Kier molecular flexibility index (Phi) is 9.48. The molecule has 0 heterocycles. The molecule has 0 spiro atoms. The minimum atomic E-state index is -0.913. The number of ether oxygens (including phenoxy) is 1. The fraction of sp³-hybridized carbons (Fsp3) is 0.769. The fourth-order valence-corrected chi connectivity index (χ4v) is 1.54. The van der Waals surface area contributed by atoms with Crippen molar-refractivity contribution in [1.82, 2.24) is 10.6 Å². The van der Waals surface area contributed by atoms with E-state index < -0.39 is 12.0 Å². The summed E-state index contributed by atoms with van der Waals surface area (Å²) in [5.74, 6) is -1.21. The minimum absolute atomic E-state index is 0.0927. The van der Waals surface area contributed by atoms with Gasteiger partial charge in [0, 0.05) is 13.5 Å². The Morgan fingerprint density at radius 2 is 1.84 bits per heavy atom. The first-order valence-electron chi connectivity index (χ1n) is 6.71. The number of carbonyl (C=O) groups is 3. The van der Waals surface area contributed by atoms with Crippen LogP contribution in [0.15, 0.2) is 0 Å². The number of esters is 1. The van der Waals surface area contributed by atoms with Crippen molar-refractivity contribution < 1.29 is 19.1 Å². The molecule has 0 fully saturated rings. The maximum Gasteiger partial charge on any atom is 0.329 e. The molecule has 0 aromatic rings.